The Morgan fingerprint density at radius 3 is 2.96 bits per heavy atom. The van der Waals surface area contributed by atoms with E-state index in [9.17, 15) is 0 Å². The van der Waals surface area contributed by atoms with Crippen LogP contribution in [0.3, 0.4) is 0 Å². The third-order valence-corrected chi connectivity index (χ3v) is 5.54. The van der Waals surface area contributed by atoms with E-state index in [0.717, 1.165) is 28.7 Å². The normalized spacial score (nSPS) is 25.2. The molecule has 3 heteroatoms. The van der Waals surface area contributed by atoms with Crippen LogP contribution in [0.1, 0.15) is 23.5 Å². The molecule has 1 aromatic heterocycles. The lowest BCUT2D eigenvalue weighted by atomic mass is 9.72. The highest BCUT2D eigenvalue weighted by Gasteiger charge is 2.40. The Balaban J connectivity index is 1.97. The van der Waals surface area contributed by atoms with E-state index >= 15 is 0 Å². The number of allylic oxidation sites excluding steroid dienone is 4. The molecule has 0 fully saturated rings. The Labute approximate surface area is 144 Å². The van der Waals surface area contributed by atoms with E-state index in [-0.39, 0.29) is 6.04 Å². The van der Waals surface area contributed by atoms with Crippen molar-refractivity contribution in [2.24, 2.45) is 5.92 Å². The van der Waals surface area contributed by atoms with E-state index in [0.29, 0.717) is 11.8 Å². The molecule has 118 valence electrons. The molecule has 1 aliphatic carbocycles. The van der Waals surface area contributed by atoms with Crippen LogP contribution in [0, 0.1) is 12.8 Å². The average Bonchev–Trinajstić information content (AvgIpc) is 3.25. The van der Waals surface area contributed by atoms with Gasteiger partial charge in [0.05, 0.1) is 11.6 Å². The van der Waals surface area contributed by atoms with Gasteiger partial charge in [0.1, 0.15) is 7.85 Å². The standard InChI is InChI=1S/C21H21BN2/c1-4-7-13(5-2)19-16-9-6-8-15(16)17-20-14(10-11-23-20)12(3)18(22)21(17)24-19/h4-8,10-11,15-16,19,23-24H,1-2,9H2,3H3/b13-7+. The highest BCUT2D eigenvalue weighted by molar-refractivity contribution is 6.39. The molecular weight excluding hydrogens is 291 g/mol. The van der Waals surface area contributed by atoms with Crippen molar-refractivity contribution in [3.63, 3.8) is 0 Å². The number of H-pyrrole nitrogens is 1. The van der Waals surface area contributed by atoms with E-state index in [4.69, 9.17) is 7.85 Å². The molecule has 1 aliphatic heterocycles. The number of aromatic amines is 1. The second-order valence-electron chi connectivity index (χ2n) is 6.68. The van der Waals surface area contributed by atoms with Crippen molar-refractivity contribution in [3.05, 3.63) is 72.5 Å². The molecule has 2 N–H and O–H groups in total. The van der Waals surface area contributed by atoms with E-state index < -0.39 is 0 Å². The van der Waals surface area contributed by atoms with Crippen LogP contribution in [-0.2, 0) is 0 Å². The van der Waals surface area contributed by atoms with Crippen LogP contribution in [0.4, 0.5) is 5.69 Å². The van der Waals surface area contributed by atoms with Crippen LogP contribution in [0.15, 0.2) is 61.4 Å². The van der Waals surface area contributed by atoms with Gasteiger partial charge in [-0.3, -0.25) is 0 Å². The summed E-state index contributed by atoms with van der Waals surface area (Å²) in [6.07, 6.45) is 13.5. The Kier molecular flexibility index (Phi) is 3.52. The summed E-state index contributed by atoms with van der Waals surface area (Å²) in [5.74, 6) is 0.832. The molecule has 1 aromatic carbocycles. The van der Waals surface area contributed by atoms with E-state index in [1.54, 1.807) is 0 Å². The summed E-state index contributed by atoms with van der Waals surface area (Å²) >= 11 is 0. The van der Waals surface area contributed by atoms with Crippen LogP contribution >= 0.6 is 0 Å². The molecule has 0 saturated carbocycles. The summed E-state index contributed by atoms with van der Waals surface area (Å²) in [5.41, 5.74) is 6.72. The number of hydrogen-bond donors (Lipinski definition) is 2. The molecule has 2 aromatic rings. The predicted molar refractivity (Wildman–Crippen MR) is 104 cm³/mol. The van der Waals surface area contributed by atoms with Gasteiger partial charge in [-0.2, -0.15) is 0 Å². The number of aryl methyl sites for hydroxylation is 1. The van der Waals surface area contributed by atoms with Gasteiger partial charge in [0.15, 0.2) is 0 Å². The van der Waals surface area contributed by atoms with Crippen LogP contribution < -0.4 is 10.8 Å². The number of anilines is 1. The molecule has 0 saturated heterocycles. The Bertz CT molecular complexity index is 900. The Morgan fingerprint density at radius 1 is 1.38 bits per heavy atom. The maximum Gasteiger partial charge on any atom is 0.117 e. The van der Waals surface area contributed by atoms with Crippen molar-refractivity contribution in [1.29, 1.82) is 0 Å². The summed E-state index contributed by atoms with van der Waals surface area (Å²) in [5, 5.41) is 4.94. The van der Waals surface area contributed by atoms with Crippen LogP contribution in [0.2, 0.25) is 0 Å². The molecular formula is C21H21BN2. The van der Waals surface area contributed by atoms with Crippen molar-refractivity contribution in [1.82, 2.24) is 4.98 Å². The number of nitrogens with one attached hydrogen (secondary N) is 2. The van der Waals surface area contributed by atoms with Crippen molar-refractivity contribution in [3.8, 4) is 0 Å². The highest BCUT2D eigenvalue weighted by Crippen LogP contribution is 2.48. The Morgan fingerprint density at radius 2 is 2.21 bits per heavy atom. The van der Waals surface area contributed by atoms with Gasteiger partial charge < -0.3 is 10.3 Å². The van der Waals surface area contributed by atoms with Crippen molar-refractivity contribution in [2.75, 3.05) is 5.32 Å². The number of hydrogen-bond acceptors (Lipinski definition) is 1. The van der Waals surface area contributed by atoms with Crippen molar-refractivity contribution >= 4 is 29.9 Å². The summed E-state index contributed by atoms with van der Waals surface area (Å²) in [7, 11) is 6.52. The predicted octanol–water partition coefficient (Wildman–Crippen LogP) is 4.02. The molecule has 4 rings (SSSR count). The first-order valence-corrected chi connectivity index (χ1v) is 8.44. The summed E-state index contributed by atoms with van der Waals surface area (Å²) < 4.78 is 0. The van der Waals surface area contributed by atoms with Gasteiger partial charge in [-0.15, -0.1) is 0 Å². The van der Waals surface area contributed by atoms with Crippen molar-refractivity contribution < 1.29 is 0 Å². The monoisotopic (exact) mass is 312 g/mol. The molecule has 2 radical (unpaired) electrons. The fourth-order valence-electron chi connectivity index (χ4n) is 4.35. The van der Waals surface area contributed by atoms with Gasteiger partial charge in [0.25, 0.3) is 0 Å². The molecule has 2 nitrogen and oxygen atoms in total. The summed E-state index contributed by atoms with van der Waals surface area (Å²) in [4.78, 5) is 3.43. The number of fused-ring (bicyclic) bond motifs is 5. The van der Waals surface area contributed by atoms with Crippen LogP contribution in [0.5, 0.6) is 0 Å². The molecule has 2 heterocycles. The third-order valence-electron chi connectivity index (χ3n) is 5.54. The first-order chi connectivity index (χ1) is 11.7. The van der Waals surface area contributed by atoms with Gasteiger partial charge in [-0.25, -0.2) is 0 Å². The van der Waals surface area contributed by atoms with E-state index in [1.807, 2.05) is 24.4 Å². The summed E-state index contributed by atoms with van der Waals surface area (Å²) in [6, 6.07) is 2.32. The second-order valence-corrected chi connectivity index (χ2v) is 6.68. The smallest absolute Gasteiger partial charge is 0.117 e. The summed E-state index contributed by atoms with van der Waals surface area (Å²) in [6.45, 7) is 9.92. The fourth-order valence-corrected chi connectivity index (χ4v) is 4.35. The van der Waals surface area contributed by atoms with Gasteiger partial charge in [-0.1, -0.05) is 49.0 Å². The second kappa shape index (κ2) is 5.59. The third kappa shape index (κ3) is 1.97. The molecule has 2 aliphatic rings. The van der Waals surface area contributed by atoms with Crippen molar-refractivity contribution in [2.45, 2.75) is 25.3 Å². The zero-order valence-electron chi connectivity index (χ0n) is 14.0. The number of benzene rings is 1. The lowest BCUT2D eigenvalue weighted by Crippen LogP contribution is -2.40. The fraction of sp³-hybridized carbons (Fsp3) is 0.238. The molecule has 24 heavy (non-hydrogen) atoms. The van der Waals surface area contributed by atoms with E-state index in [2.05, 4.69) is 48.6 Å². The number of rotatable bonds is 3. The van der Waals surface area contributed by atoms with Gasteiger partial charge in [-0.05, 0) is 36.5 Å². The zero-order chi connectivity index (χ0) is 16.8. The lowest BCUT2D eigenvalue weighted by molar-refractivity contribution is 0.457. The van der Waals surface area contributed by atoms with Gasteiger partial charge >= 0.3 is 0 Å². The topological polar surface area (TPSA) is 27.8 Å². The van der Waals surface area contributed by atoms with Crippen LogP contribution in [-0.4, -0.2) is 18.9 Å². The van der Waals surface area contributed by atoms with E-state index in [1.165, 1.54) is 16.5 Å². The van der Waals surface area contributed by atoms with Gasteiger partial charge in [0, 0.05) is 28.8 Å². The number of aromatic nitrogens is 1. The molecule has 3 atom stereocenters. The maximum absolute atomic E-state index is 6.52. The minimum atomic E-state index is 0.196. The SMILES string of the molecule is [B]c1c2c(c3[nH]ccc3c1C)C1C=CCC1C(/C(C=C)=C/C=C)N2. The Hall–Kier alpha value is -2.42. The minimum absolute atomic E-state index is 0.196. The molecule has 0 spiro atoms. The molecule has 3 unspecified atom stereocenters. The average molecular weight is 312 g/mol. The first-order valence-electron chi connectivity index (χ1n) is 8.44. The molecule has 0 amide bonds. The quantitative estimate of drug-likeness (QED) is 0.500. The maximum atomic E-state index is 6.52. The van der Waals surface area contributed by atoms with Gasteiger partial charge in [0.2, 0.25) is 0 Å². The zero-order valence-corrected chi connectivity index (χ0v) is 14.0. The largest absolute Gasteiger partial charge is 0.378 e. The minimum Gasteiger partial charge on any atom is -0.378 e. The highest BCUT2D eigenvalue weighted by atomic mass is 15.0. The molecule has 0 bridgehead atoms. The first kappa shape index (κ1) is 15.1. The van der Waals surface area contributed by atoms with Crippen LogP contribution in [0.25, 0.3) is 10.9 Å². The lowest BCUT2D eigenvalue weighted by Gasteiger charge is -2.39.